The largest absolute Gasteiger partial charge is 0.493 e. The van der Waals surface area contributed by atoms with Crippen LogP contribution < -0.4 is 14.8 Å². The van der Waals surface area contributed by atoms with Crippen LogP contribution in [0.5, 0.6) is 11.5 Å². The lowest BCUT2D eigenvalue weighted by atomic mass is 10.1. The van der Waals surface area contributed by atoms with Crippen molar-refractivity contribution < 1.29 is 9.47 Å². The molecule has 150 valence electrons. The molecule has 2 aromatic rings. The van der Waals surface area contributed by atoms with Gasteiger partial charge in [0.15, 0.2) is 11.5 Å². The number of methoxy groups -OCH3 is 1. The number of benzene rings is 2. The summed E-state index contributed by atoms with van der Waals surface area (Å²) in [6.45, 7) is 4.40. The first-order valence-electron chi connectivity index (χ1n) is 9.08. The summed E-state index contributed by atoms with van der Waals surface area (Å²) < 4.78 is 11.4. The van der Waals surface area contributed by atoms with E-state index in [2.05, 4.69) is 12.2 Å². The van der Waals surface area contributed by atoms with Gasteiger partial charge >= 0.3 is 0 Å². The van der Waals surface area contributed by atoms with Crippen molar-refractivity contribution in [2.45, 2.75) is 45.8 Å². The molecular formula is C21H28Cl3NO2. The zero-order valence-electron chi connectivity index (χ0n) is 15.9. The lowest BCUT2D eigenvalue weighted by molar-refractivity contribution is 0.284. The van der Waals surface area contributed by atoms with E-state index in [0.717, 1.165) is 24.2 Å². The van der Waals surface area contributed by atoms with Gasteiger partial charge in [-0.2, -0.15) is 0 Å². The fraction of sp³-hybridized carbons (Fsp3) is 0.429. The van der Waals surface area contributed by atoms with Gasteiger partial charge in [-0.3, -0.25) is 0 Å². The van der Waals surface area contributed by atoms with Crippen molar-refractivity contribution in [3.05, 3.63) is 57.6 Å². The summed E-state index contributed by atoms with van der Waals surface area (Å²) in [5.74, 6) is 1.21. The summed E-state index contributed by atoms with van der Waals surface area (Å²) in [5.41, 5.74) is 2.10. The Balaban J connectivity index is 0.00000364. The second-order valence-corrected chi connectivity index (χ2v) is 7.11. The average molecular weight is 433 g/mol. The zero-order valence-corrected chi connectivity index (χ0v) is 18.2. The fourth-order valence-corrected chi connectivity index (χ4v) is 3.07. The quantitative estimate of drug-likeness (QED) is 0.402. The molecule has 0 aromatic heterocycles. The highest BCUT2D eigenvalue weighted by Crippen LogP contribution is 2.37. The molecule has 0 unspecified atom stereocenters. The van der Waals surface area contributed by atoms with Crippen molar-refractivity contribution >= 4 is 35.6 Å². The number of hydrogen-bond donors (Lipinski definition) is 1. The molecule has 0 saturated heterocycles. The Hall–Kier alpha value is -1.13. The lowest BCUT2D eigenvalue weighted by Gasteiger charge is -2.15. The fourth-order valence-electron chi connectivity index (χ4n) is 2.66. The van der Waals surface area contributed by atoms with Gasteiger partial charge in [0.05, 0.1) is 12.1 Å². The van der Waals surface area contributed by atoms with Crippen LogP contribution in [0.4, 0.5) is 0 Å². The summed E-state index contributed by atoms with van der Waals surface area (Å²) >= 11 is 12.3. The van der Waals surface area contributed by atoms with E-state index in [4.69, 9.17) is 32.7 Å². The van der Waals surface area contributed by atoms with Crippen molar-refractivity contribution in [1.82, 2.24) is 5.32 Å². The van der Waals surface area contributed by atoms with E-state index in [9.17, 15) is 0 Å². The first kappa shape index (κ1) is 23.9. The predicted octanol–water partition coefficient (Wildman–Crippen LogP) is 6.67. The molecule has 2 aromatic carbocycles. The van der Waals surface area contributed by atoms with E-state index in [1.165, 1.54) is 25.7 Å². The van der Waals surface area contributed by atoms with E-state index in [1.807, 2.05) is 36.4 Å². The van der Waals surface area contributed by atoms with Gasteiger partial charge in [-0.15, -0.1) is 12.4 Å². The molecule has 27 heavy (non-hydrogen) atoms. The predicted molar refractivity (Wildman–Crippen MR) is 117 cm³/mol. The first-order chi connectivity index (χ1) is 12.6. The molecule has 6 heteroatoms. The molecule has 1 N–H and O–H groups in total. The van der Waals surface area contributed by atoms with E-state index in [0.29, 0.717) is 28.2 Å². The van der Waals surface area contributed by atoms with Crippen LogP contribution in [0.15, 0.2) is 36.4 Å². The third-order valence-electron chi connectivity index (χ3n) is 4.12. The number of hydrogen-bond acceptors (Lipinski definition) is 3. The van der Waals surface area contributed by atoms with Gasteiger partial charge < -0.3 is 14.8 Å². The van der Waals surface area contributed by atoms with Crippen molar-refractivity contribution in [3.63, 3.8) is 0 Å². The Bertz CT molecular complexity index is 678. The Labute approximate surface area is 178 Å². The van der Waals surface area contributed by atoms with E-state index in [-0.39, 0.29) is 12.4 Å². The minimum Gasteiger partial charge on any atom is -0.493 e. The molecule has 0 amide bonds. The topological polar surface area (TPSA) is 30.5 Å². The number of unbranched alkanes of at least 4 members (excludes halogenated alkanes) is 3. The number of ether oxygens (including phenoxy) is 2. The van der Waals surface area contributed by atoms with Gasteiger partial charge in [0.2, 0.25) is 0 Å². The third-order valence-corrected chi connectivity index (χ3v) is 4.65. The summed E-state index contributed by atoms with van der Waals surface area (Å²) in [6, 6.07) is 11.4. The van der Waals surface area contributed by atoms with Crippen LogP contribution in [-0.4, -0.2) is 13.7 Å². The molecule has 0 fully saturated rings. The summed E-state index contributed by atoms with van der Waals surface area (Å²) in [6.07, 6.45) is 5.01. The summed E-state index contributed by atoms with van der Waals surface area (Å²) in [7, 11) is 1.63. The molecule has 0 saturated carbocycles. The molecule has 0 spiro atoms. The van der Waals surface area contributed by atoms with Gasteiger partial charge in [0.25, 0.3) is 0 Å². The maximum absolute atomic E-state index is 6.43. The SMILES string of the molecule is CCCCCCNCc1cc(Cl)c(OCc2ccc(Cl)cc2)c(OC)c1.Cl. The Morgan fingerprint density at radius 1 is 0.963 bits per heavy atom. The molecule has 0 aliphatic carbocycles. The second-order valence-electron chi connectivity index (χ2n) is 6.26. The van der Waals surface area contributed by atoms with Crippen LogP contribution in [0.2, 0.25) is 10.0 Å². The van der Waals surface area contributed by atoms with Crippen molar-refractivity contribution in [2.75, 3.05) is 13.7 Å². The van der Waals surface area contributed by atoms with E-state index in [1.54, 1.807) is 7.11 Å². The highest BCUT2D eigenvalue weighted by Gasteiger charge is 2.12. The number of nitrogens with one attached hydrogen (secondary N) is 1. The summed E-state index contributed by atoms with van der Waals surface area (Å²) in [5, 5.41) is 4.72. The molecular weight excluding hydrogens is 405 g/mol. The smallest absolute Gasteiger partial charge is 0.180 e. The van der Waals surface area contributed by atoms with Crippen LogP contribution in [0.25, 0.3) is 0 Å². The summed E-state index contributed by atoms with van der Waals surface area (Å²) in [4.78, 5) is 0. The van der Waals surface area contributed by atoms with Crippen molar-refractivity contribution in [2.24, 2.45) is 0 Å². The molecule has 0 radical (unpaired) electrons. The number of rotatable bonds is 11. The molecule has 0 aliphatic rings. The standard InChI is InChI=1S/C21H27Cl2NO2.ClH/c1-3-4-5-6-11-24-14-17-12-19(23)21(20(13-17)25-2)26-15-16-7-9-18(22)10-8-16;/h7-10,12-13,24H,3-6,11,14-15H2,1-2H3;1H. The highest BCUT2D eigenvalue weighted by atomic mass is 35.5. The third kappa shape index (κ3) is 8.18. The van der Waals surface area contributed by atoms with Crippen LogP contribution in [0.3, 0.4) is 0 Å². The van der Waals surface area contributed by atoms with E-state index < -0.39 is 0 Å². The molecule has 0 bridgehead atoms. The maximum atomic E-state index is 6.43. The van der Waals surface area contributed by atoms with Crippen LogP contribution in [-0.2, 0) is 13.2 Å². The van der Waals surface area contributed by atoms with Crippen LogP contribution >= 0.6 is 35.6 Å². The Morgan fingerprint density at radius 3 is 2.37 bits per heavy atom. The van der Waals surface area contributed by atoms with Crippen LogP contribution in [0.1, 0.15) is 43.7 Å². The van der Waals surface area contributed by atoms with Crippen molar-refractivity contribution in [3.8, 4) is 11.5 Å². The normalized spacial score (nSPS) is 10.4. The molecule has 0 atom stereocenters. The minimum absolute atomic E-state index is 0. The van der Waals surface area contributed by atoms with E-state index >= 15 is 0 Å². The van der Waals surface area contributed by atoms with Crippen molar-refractivity contribution in [1.29, 1.82) is 0 Å². The Kier molecular flexibility index (Phi) is 11.6. The van der Waals surface area contributed by atoms with Gasteiger partial charge in [0, 0.05) is 11.6 Å². The molecule has 3 nitrogen and oxygen atoms in total. The monoisotopic (exact) mass is 431 g/mol. The second kappa shape index (κ2) is 13.1. The van der Waals surface area contributed by atoms with Gasteiger partial charge in [-0.25, -0.2) is 0 Å². The maximum Gasteiger partial charge on any atom is 0.180 e. The zero-order chi connectivity index (χ0) is 18.8. The average Bonchev–Trinajstić information content (AvgIpc) is 2.64. The Morgan fingerprint density at radius 2 is 1.70 bits per heavy atom. The molecule has 0 heterocycles. The number of halogens is 3. The van der Waals surface area contributed by atoms with Gasteiger partial charge in [0.1, 0.15) is 6.61 Å². The van der Waals surface area contributed by atoms with Crippen LogP contribution in [0, 0.1) is 0 Å². The first-order valence-corrected chi connectivity index (χ1v) is 9.84. The lowest BCUT2D eigenvalue weighted by Crippen LogP contribution is -2.14. The molecule has 0 aliphatic heterocycles. The van der Waals surface area contributed by atoms with Gasteiger partial charge in [-0.05, 0) is 48.4 Å². The molecule has 2 rings (SSSR count). The minimum atomic E-state index is 0. The van der Waals surface area contributed by atoms with Gasteiger partial charge in [-0.1, -0.05) is 61.5 Å². The highest BCUT2D eigenvalue weighted by molar-refractivity contribution is 6.32.